The number of hydrogen-bond acceptors (Lipinski definition) is 1. The third-order valence-electron chi connectivity index (χ3n) is 3.91. The molecule has 3 heteroatoms. The molecule has 0 unspecified atom stereocenters. The van der Waals surface area contributed by atoms with Crippen molar-refractivity contribution in [1.82, 2.24) is 5.32 Å². The van der Waals surface area contributed by atoms with Gasteiger partial charge < -0.3 is 5.32 Å². The molecule has 0 radical (unpaired) electrons. The van der Waals surface area contributed by atoms with E-state index < -0.39 is 0 Å². The number of nitrogens with one attached hydrogen (secondary N) is 1. The van der Waals surface area contributed by atoms with E-state index in [0.29, 0.717) is 0 Å². The van der Waals surface area contributed by atoms with E-state index in [9.17, 15) is 0 Å². The molecule has 1 aromatic rings. The van der Waals surface area contributed by atoms with Crippen LogP contribution in [0.25, 0.3) is 0 Å². The van der Waals surface area contributed by atoms with Gasteiger partial charge in [-0.3, -0.25) is 0 Å². The second-order valence-electron chi connectivity index (χ2n) is 6.98. The van der Waals surface area contributed by atoms with Gasteiger partial charge in [-0.1, -0.05) is 56.0 Å². The Morgan fingerprint density at radius 3 is 1.81 bits per heavy atom. The molecule has 0 aliphatic rings. The monoisotopic (exact) mass is 329 g/mol. The van der Waals surface area contributed by atoms with Gasteiger partial charge in [0.05, 0.1) is 0 Å². The molecule has 1 aromatic carbocycles. The molecule has 0 heterocycles. The van der Waals surface area contributed by atoms with Gasteiger partial charge in [-0.15, -0.1) is 0 Å². The molecule has 0 fully saturated rings. The molecule has 1 N–H and O–H groups in total. The van der Waals surface area contributed by atoms with Crippen LogP contribution in [0.5, 0.6) is 0 Å². The largest absolute Gasteiger partial charge is 0.311 e. The van der Waals surface area contributed by atoms with Crippen molar-refractivity contribution in [3.05, 3.63) is 33.8 Å². The smallest absolute Gasteiger partial charge is 0.0459 e. The summed E-state index contributed by atoms with van der Waals surface area (Å²) in [4.78, 5) is 0. The Morgan fingerprint density at radius 2 is 1.43 bits per heavy atom. The highest BCUT2D eigenvalue weighted by molar-refractivity contribution is 6.36. The van der Waals surface area contributed by atoms with Crippen LogP contribution in [-0.4, -0.2) is 12.1 Å². The van der Waals surface area contributed by atoms with Gasteiger partial charge in [0.2, 0.25) is 0 Å². The maximum absolute atomic E-state index is 6.52. The average Bonchev–Trinajstić information content (AvgIpc) is 2.36. The molecule has 0 aromatic heterocycles. The highest BCUT2D eigenvalue weighted by atomic mass is 35.5. The van der Waals surface area contributed by atoms with Crippen LogP contribution in [0.4, 0.5) is 0 Å². The van der Waals surface area contributed by atoms with E-state index in [-0.39, 0.29) is 11.0 Å². The van der Waals surface area contributed by atoms with Crippen molar-refractivity contribution in [3.63, 3.8) is 0 Å². The van der Waals surface area contributed by atoms with Gasteiger partial charge in [-0.05, 0) is 51.3 Å². The van der Waals surface area contributed by atoms with Crippen LogP contribution in [0.1, 0.15) is 65.9 Å². The first-order valence-electron chi connectivity index (χ1n) is 7.95. The average molecular weight is 330 g/mol. The SMILES string of the molecule is CCCC(CCC)(CNC(C)(C)C)c1c(Cl)cccc1Cl. The summed E-state index contributed by atoms with van der Waals surface area (Å²) in [5.41, 5.74) is 1.21. The fraction of sp³-hybridized carbons (Fsp3) is 0.667. The van der Waals surface area contributed by atoms with Crippen LogP contribution in [0.3, 0.4) is 0 Å². The Balaban J connectivity index is 3.27. The van der Waals surface area contributed by atoms with Crippen molar-refractivity contribution in [2.45, 2.75) is 71.3 Å². The number of benzene rings is 1. The maximum atomic E-state index is 6.52. The molecule has 1 rings (SSSR count). The molecule has 0 bridgehead atoms. The Hall–Kier alpha value is -0.240. The first-order valence-corrected chi connectivity index (χ1v) is 8.71. The Kier molecular flexibility index (Phi) is 7.03. The van der Waals surface area contributed by atoms with Crippen molar-refractivity contribution >= 4 is 23.2 Å². The first kappa shape index (κ1) is 18.8. The van der Waals surface area contributed by atoms with Crippen molar-refractivity contribution < 1.29 is 0 Å². The molecule has 0 saturated heterocycles. The quantitative estimate of drug-likeness (QED) is 0.626. The van der Waals surface area contributed by atoms with Crippen LogP contribution >= 0.6 is 23.2 Å². The lowest BCUT2D eigenvalue weighted by Gasteiger charge is -2.38. The maximum Gasteiger partial charge on any atom is 0.0459 e. The normalized spacial score (nSPS) is 12.7. The van der Waals surface area contributed by atoms with Gasteiger partial charge in [-0.2, -0.15) is 0 Å². The van der Waals surface area contributed by atoms with Crippen molar-refractivity contribution in [3.8, 4) is 0 Å². The molecule has 0 atom stereocenters. The predicted octanol–water partition coefficient (Wildman–Crippen LogP) is 6.22. The van der Waals surface area contributed by atoms with E-state index in [0.717, 1.165) is 47.8 Å². The third kappa shape index (κ3) is 5.16. The highest BCUT2D eigenvalue weighted by Crippen LogP contribution is 2.42. The summed E-state index contributed by atoms with van der Waals surface area (Å²) in [6, 6.07) is 5.84. The molecule has 21 heavy (non-hydrogen) atoms. The van der Waals surface area contributed by atoms with Gasteiger partial charge in [-0.25, -0.2) is 0 Å². The molecule has 0 spiro atoms. The molecule has 120 valence electrons. The summed E-state index contributed by atoms with van der Waals surface area (Å²) in [6.07, 6.45) is 4.42. The summed E-state index contributed by atoms with van der Waals surface area (Å²) in [7, 11) is 0. The van der Waals surface area contributed by atoms with E-state index in [1.165, 1.54) is 0 Å². The predicted molar refractivity (Wildman–Crippen MR) is 95.7 cm³/mol. The van der Waals surface area contributed by atoms with Crippen LogP contribution in [0, 0.1) is 0 Å². The van der Waals surface area contributed by atoms with E-state index >= 15 is 0 Å². The van der Waals surface area contributed by atoms with Gasteiger partial charge in [0.15, 0.2) is 0 Å². The lowest BCUT2D eigenvalue weighted by Crippen LogP contribution is -2.46. The summed E-state index contributed by atoms with van der Waals surface area (Å²) in [6.45, 7) is 12.0. The van der Waals surface area contributed by atoms with Crippen molar-refractivity contribution in [1.29, 1.82) is 0 Å². The summed E-state index contributed by atoms with van der Waals surface area (Å²) in [5.74, 6) is 0. The molecule has 0 aliphatic heterocycles. The number of halogens is 2. The van der Waals surface area contributed by atoms with Crippen LogP contribution in [0.15, 0.2) is 18.2 Å². The summed E-state index contributed by atoms with van der Waals surface area (Å²) >= 11 is 13.0. The van der Waals surface area contributed by atoms with Gasteiger partial charge in [0.25, 0.3) is 0 Å². The zero-order valence-corrected chi connectivity index (χ0v) is 15.5. The van der Waals surface area contributed by atoms with Crippen LogP contribution in [-0.2, 0) is 5.41 Å². The third-order valence-corrected chi connectivity index (χ3v) is 4.54. The number of hydrogen-bond donors (Lipinski definition) is 1. The second kappa shape index (κ2) is 7.85. The van der Waals surface area contributed by atoms with Crippen LogP contribution in [0.2, 0.25) is 10.0 Å². The van der Waals surface area contributed by atoms with E-state index in [4.69, 9.17) is 23.2 Å². The zero-order chi connectivity index (χ0) is 16.1. The minimum absolute atomic E-state index is 0.00616. The van der Waals surface area contributed by atoms with Crippen molar-refractivity contribution in [2.24, 2.45) is 0 Å². The fourth-order valence-electron chi connectivity index (χ4n) is 3.04. The van der Waals surface area contributed by atoms with Crippen LogP contribution < -0.4 is 5.32 Å². The Bertz CT molecular complexity index is 423. The van der Waals surface area contributed by atoms with Gasteiger partial charge in [0.1, 0.15) is 0 Å². The fourth-order valence-corrected chi connectivity index (χ4v) is 3.83. The lowest BCUT2D eigenvalue weighted by atomic mass is 9.73. The molecular formula is C18H29Cl2N. The minimum Gasteiger partial charge on any atom is -0.311 e. The number of rotatable bonds is 7. The lowest BCUT2D eigenvalue weighted by molar-refractivity contribution is 0.292. The highest BCUT2D eigenvalue weighted by Gasteiger charge is 2.35. The molecule has 1 nitrogen and oxygen atoms in total. The summed E-state index contributed by atoms with van der Waals surface area (Å²) in [5, 5.41) is 5.25. The molecule has 0 aliphatic carbocycles. The van der Waals surface area contributed by atoms with E-state index in [2.05, 4.69) is 39.9 Å². The summed E-state index contributed by atoms with van der Waals surface area (Å²) < 4.78 is 0. The molecule has 0 amide bonds. The topological polar surface area (TPSA) is 12.0 Å². The molecular weight excluding hydrogens is 301 g/mol. The van der Waals surface area contributed by atoms with E-state index in [1.807, 2.05) is 18.2 Å². The second-order valence-corrected chi connectivity index (χ2v) is 7.79. The zero-order valence-electron chi connectivity index (χ0n) is 14.0. The Morgan fingerprint density at radius 1 is 0.952 bits per heavy atom. The van der Waals surface area contributed by atoms with Crippen molar-refractivity contribution in [2.75, 3.05) is 6.54 Å². The van der Waals surface area contributed by atoms with E-state index in [1.54, 1.807) is 0 Å². The first-order chi connectivity index (χ1) is 9.75. The minimum atomic E-state index is 0.00616. The van der Waals surface area contributed by atoms with Gasteiger partial charge >= 0.3 is 0 Å². The van der Waals surface area contributed by atoms with Gasteiger partial charge in [0, 0.05) is 27.5 Å². The molecule has 0 saturated carbocycles. The Labute approximate surface area is 140 Å². The standard InChI is InChI=1S/C18H29Cl2N/c1-6-11-18(12-7-2,13-21-17(3,4)5)16-14(19)9-8-10-15(16)20/h8-10,21H,6-7,11-13H2,1-5H3.